The maximum absolute atomic E-state index is 13.4. The Morgan fingerprint density at radius 2 is 1.74 bits per heavy atom. The molecule has 0 fully saturated rings. The molecular formula is C18H19F6N3. The van der Waals surface area contributed by atoms with Crippen LogP contribution in [0.1, 0.15) is 30.9 Å². The topological polar surface area (TPSA) is 50.4 Å². The number of rotatable bonds is 2. The fourth-order valence-electron chi connectivity index (χ4n) is 2.49. The fraction of sp³-hybridized carbons (Fsp3) is 0.389. The zero-order valence-electron chi connectivity index (χ0n) is 14.5. The highest BCUT2D eigenvalue weighted by atomic mass is 19.4. The van der Waals surface area contributed by atoms with Crippen molar-refractivity contribution in [2.45, 2.75) is 38.7 Å². The molecule has 3 N–H and O–H groups in total. The molecule has 27 heavy (non-hydrogen) atoms. The van der Waals surface area contributed by atoms with Crippen molar-refractivity contribution in [1.29, 1.82) is 0 Å². The summed E-state index contributed by atoms with van der Waals surface area (Å²) in [5.41, 5.74) is 3.97. The summed E-state index contributed by atoms with van der Waals surface area (Å²) in [6.07, 6.45) is -5.96. The first kappa shape index (κ1) is 20.9. The second-order valence-electron chi connectivity index (χ2n) is 6.34. The van der Waals surface area contributed by atoms with Crippen LogP contribution in [0.25, 0.3) is 0 Å². The molecule has 0 amide bonds. The third-order valence-corrected chi connectivity index (χ3v) is 3.96. The number of allylic oxidation sites excluding steroid dienone is 2. The van der Waals surface area contributed by atoms with Crippen LogP contribution in [0.2, 0.25) is 0 Å². The lowest BCUT2D eigenvalue weighted by Crippen LogP contribution is -2.34. The zero-order chi connectivity index (χ0) is 20.2. The summed E-state index contributed by atoms with van der Waals surface area (Å²) in [7, 11) is 0. The lowest BCUT2D eigenvalue weighted by Gasteiger charge is -2.16. The van der Waals surface area contributed by atoms with Gasteiger partial charge in [0.1, 0.15) is 5.84 Å². The number of nitrogens with one attached hydrogen (secondary N) is 1. The first-order valence-corrected chi connectivity index (χ1v) is 8.18. The van der Waals surface area contributed by atoms with Crippen molar-refractivity contribution in [3.8, 4) is 0 Å². The summed E-state index contributed by atoms with van der Waals surface area (Å²) in [4.78, 5) is 3.87. The van der Waals surface area contributed by atoms with Crippen molar-refractivity contribution in [2.75, 3.05) is 0 Å². The molecule has 0 spiro atoms. The van der Waals surface area contributed by atoms with Crippen LogP contribution in [0, 0.1) is 5.92 Å². The largest absolute Gasteiger partial charge is 0.419 e. The van der Waals surface area contributed by atoms with Crippen molar-refractivity contribution >= 4 is 5.84 Å². The van der Waals surface area contributed by atoms with Crippen LogP contribution < -0.4 is 11.1 Å². The lowest BCUT2D eigenvalue weighted by molar-refractivity contribution is -0.137. The summed E-state index contributed by atoms with van der Waals surface area (Å²) in [5.74, 6) is -0.546. The Morgan fingerprint density at radius 3 is 2.37 bits per heavy atom. The van der Waals surface area contributed by atoms with Gasteiger partial charge in [-0.3, -0.25) is 4.99 Å². The number of nitrogens with two attached hydrogens (primary N) is 1. The minimum absolute atomic E-state index is 0.0155. The normalized spacial score (nSPS) is 24.7. The van der Waals surface area contributed by atoms with Gasteiger partial charge in [-0.15, -0.1) is 0 Å². The molecule has 2 rings (SSSR count). The SMILES string of the molecule is C[C@@H]1C/C=C(\N)NC(=NCc2cccc(C(F)(F)F)c2)/C(C(F)(F)F)=C\C1. The van der Waals surface area contributed by atoms with E-state index in [1.165, 1.54) is 12.1 Å². The van der Waals surface area contributed by atoms with Crippen molar-refractivity contribution in [1.82, 2.24) is 5.32 Å². The molecule has 1 aromatic carbocycles. The minimum Gasteiger partial charge on any atom is -0.385 e. The predicted molar refractivity (Wildman–Crippen MR) is 90.5 cm³/mol. The zero-order valence-corrected chi connectivity index (χ0v) is 14.5. The quantitative estimate of drug-likeness (QED) is 0.704. The summed E-state index contributed by atoms with van der Waals surface area (Å²) < 4.78 is 78.7. The van der Waals surface area contributed by atoms with E-state index in [4.69, 9.17) is 5.73 Å². The molecule has 0 aliphatic carbocycles. The second-order valence-corrected chi connectivity index (χ2v) is 6.34. The first-order chi connectivity index (χ1) is 12.5. The monoisotopic (exact) mass is 391 g/mol. The van der Waals surface area contributed by atoms with Gasteiger partial charge in [0, 0.05) is 0 Å². The van der Waals surface area contributed by atoms with Gasteiger partial charge >= 0.3 is 12.4 Å². The molecule has 3 nitrogen and oxygen atoms in total. The van der Waals surface area contributed by atoms with E-state index >= 15 is 0 Å². The van der Waals surface area contributed by atoms with E-state index in [0.29, 0.717) is 6.42 Å². The third-order valence-electron chi connectivity index (χ3n) is 3.96. The maximum Gasteiger partial charge on any atom is 0.419 e. The number of alkyl halides is 6. The molecule has 148 valence electrons. The average molecular weight is 391 g/mol. The van der Waals surface area contributed by atoms with Gasteiger partial charge in [-0.05, 0) is 42.5 Å². The van der Waals surface area contributed by atoms with E-state index in [1.54, 1.807) is 13.0 Å². The summed E-state index contributed by atoms with van der Waals surface area (Å²) in [6, 6.07) is 4.30. The molecule has 0 bridgehead atoms. The standard InChI is InChI=1S/C18H19F6N3/c1-11-5-7-14(18(22,23)24)16(27-15(25)8-6-11)26-10-12-3-2-4-13(9-12)17(19,20)21/h2-4,7-9,11H,5-6,10,25H2,1H3,(H,26,27)/b14-7+,15-8+/t11-/m0/s1. The Morgan fingerprint density at radius 1 is 1.07 bits per heavy atom. The molecule has 0 saturated heterocycles. The molecule has 0 saturated carbocycles. The number of nitrogens with zero attached hydrogens (tertiary/aromatic N) is 1. The van der Waals surface area contributed by atoms with Gasteiger partial charge in [-0.1, -0.05) is 25.1 Å². The number of halogens is 6. The first-order valence-electron chi connectivity index (χ1n) is 8.18. The highest BCUT2D eigenvalue weighted by Gasteiger charge is 2.37. The van der Waals surface area contributed by atoms with E-state index in [0.717, 1.165) is 18.2 Å². The molecule has 0 aromatic heterocycles. The van der Waals surface area contributed by atoms with E-state index in [-0.39, 0.29) is 30.3 Å². The molecule has 1 heterocycles. The molecule has 1 aliphatic rings. The van der Waals surface area contributed by atoms with Gasteiger partial charge in [0.15, 0.2) is 0 Å². The maximum atomic E-state index is 13.4. The number of aliphatic imine (C=N–C) groups is 1. The van der Waals surface area contributed by atoms with Crippen LogP contribution in [0.3, 0.4) is 0 Å². The predicted octanol–water partition coefficient (Wildman–Crippen LogP) is 4.91. The molecule has 0 radical (unpaired) electrons. The van der Waals surface area contributed by atoms with Crippen LogP contribution in [0.15, 0.2) is 52.8 Å². The molecule has 0 unspecified atom stereocenters. The van der Waals surface area contributed by atoms with Gasteiger partial charge < -0.3 is 11.1 Å². The van der Waals surface area contributed by atoms with Gasteiger partial charge in [0.2, 0.25) is 0 Å². The smallest absolute Gasteiger partial charge is 0.385 e. The fourth-order valence-corrected chi connectivity index (χ4v) is 2.49. The van der Waals surface area contributed by atoms with E-state index in [2.05, 4.69) is 10.3 Å². The second kappa shape index (κ2) is 8.06. The number of benzene rings is 1. The Bertz CT molecular complexity index is 759. The third kappa shape index (κ3) is 6.04. The summed E-state index contributed by atoms with van der Waals surface area (Å²) >= 11 is 0. The average Bonchev–Trinajstić information content (AvgIpc) is 2.62. The van der Waals surface area contributed by atoms with Gasteiger partial charge in [0.05, 0.1) is 23.5 Å². The van der Waals surface area contributed by atoms with Crippen LogP contribution in [0.5, 0.6) is 0 Å². The van der Waals surface area contributed by atoms with Crippen molar-refractivity contribution < 1.29 is 26.3 Å². The minimum atomic E-state index is -4.68. The highest BCUT2D eigenvalue weighted by molar-refractivity contribution is 6.00. The van der Waals surface area contributed by atoms with Crippen LogP contribution in [0.4, 0.5) is 26.3 Å². The molecule has 1 aliphatic heterocycles. The van der Waals surface area contributed by atoms with Crippen molar-refractivity contribution in [3.05, 3.63) is 58.9 Å². The number of amidine groups is 1. The van der Waals surface area contributed by atoms with Crippen LogP contribution >= 0.6 is 0 Å². The molecule has 9 heteroatoms. The van der Waals surface area contributed by atoms with Gasteiger partial charge in [-0.2, -0.15) is 26.3 Å². The Hall–Kier alpha value is -2.45. The summed E-state index contributed by atoms with van der Waals surface area (Å²) in [5, 5.41) is 2.43. The van der Waals surface area contributed by atoms with Crippen LogP contribution in [-0.2, 0) is 12.7 Å². The van der Waals surface area contributed by atoms with Gasteiger partial charge in [-0.25, -0.2) is 0 Å². The number of hydrogen-bond donors (Lipinski definition) is 2. The Balaban J connectivity index is 2.38. The molecular weight excluding hydrogens is 372 g/mol. The van der Waals surface area contributed by atoms with E-state index in [9.17, 15) is 26.3 Å². The lowest BCUT2D eigenvalue weighted by atomic mass is 10.0. The van der Waals surface area contributed by atoms with Crippen molar-refractivity contribution in [3.63, 3.8) is 0 Å². The highest BCUT2D eigenvalue weighted by Crippen LogP contribution is 2.31. The van der Waals surface area contributed by atoms with E-state index in [1.807, 2.05) is 0 Å². The van der Waals surface area contributed by atoms with Crippen molar-refractivity contribution in [2.24, 2.45) is 16.6 Å². The van der Waals surface area contributed by atoms with Gasteiger partial charge in [0.25, 0.3) is 0 Å². The Kier molecular flexibility index (Phi) is 6.22. The van der Waals surface area contributed by atoms with E-state index < -0.39 is 29.3 Å². The summed E-state index contributed by atoms with van der Waals surface area (Å²) in [6.45, 7) is 1.43. The molecule has 1 atom stereocenters. The van der Waals surface area contributed by atoms with Crippen LogP contribution in [-0.4, -0.2) is 12.0 Å². The Labute approximate surface area is 152 Å². The molecule has 1 aromatic rings. The number of hydrogen-bond acceptors (Lipinski definition) is 2.